The van der Waals surface area contributed by atoms with Crippen molar-refractivity contribution in [2.24, 2.45) is 5.92 Å². The second-order valence-electron chi connectivity index (χ2n) is 11.7. The van der Waals surface area contributed by atoms with E-state index in [2.05, 4.69) is 26.1 Å². The van der Waals surface area contributed by atoms with Crippen LogP contribution in [0.4, 0.5) is 0 Å². The monoisotopic (exact) mass is 561 g/mol. The largest absolute Gasteiger partial charge is 0.504 e. The third kappa shape index (κ3) is 18.2. The first-order valence-electron chi connectivity index (χ1n) is 16.2. The van der Waals surface area contributed by atoms with E-state index >= 15 is 0 Å². The molecular formula is C34H59NO5. The standard InChI is InChI=1S/C34H59NO5/c1-5-6-7-8-9-10-11-12-13-14-15-16-20-23-33(37)40-31(22-19-17-18-21-28(2)3)34(38)35-27-29-24-25-30(36)32(26-29)39-4/h24-26,28,31,36H,5-23,27H2,1-4H3,(H,35,38). The van der Waals surface area contributed by atoms with Crippen LogP contribution in [-0.4, -0.2) is 30.2 Å². The summed E-state index contributed by atoms with van der Waals surface area (Å²) in [4.78, 5) is 25.6. The summed E-state index contributed by atoms with van der Waals surface area (Å²) in [6, 6.07) is 4.97. The van der Waals surface area contributed by atoms with Gasteiger partial charge in [-0.3, -0.25) is 9.59 Å². The zero-order chi connectivity index (χ0) is 29.4. The molecule has 0 spiro atoms. The first-order valence-corrected chi connectivity index (χ1v) is 16.2. The molecule has 0 radical (unpaired) electrons. The van der Waals surface area contributed by atoms with Crippen LogP contribution in [0.2, 0.25) is 0 Å². The maximum atomic E-state index is 13.0. The predicted octanol–water partition coefficient (Wildman–Crippen LogP) is 9.02. The molecule has 1 rings (SSSR count). The molecule has 0 aliphatic rings. The summed E-state index contributed by atoms with van der Waals surface area (Å²) in [5.41, 5.74) is 0.803. The Bertz CT molecular complexity index is 795. The van der Waals surface area contributed by atoms with Crippen molar-refractivity contribution in [3.63, 3.8) is 0 Å². The molecule has 0 heterocycles. The third-order valence-electron chi connectivity index (χ3n) is 7.51. The Balaban J connectivity index is 2.35. The van der Waals surface area contributed by atoms with Crippen LogP contribution in [0.25, 0.3) is 0 Å². The molecule has 1 unspecified atom stereocenters. The fourth-order valence-electron chi connectivity index (χ4n) is 4.94. The average Bonchev–Trinajstić information content (AvgIpc) is 2.93. The first-order chi connectivity index (χ1) is 19.4. The van der Waals surface area contributed by atoms with Crippen LogP contribution < -0.4 is 10.1 Å². The molecule has 6 nitrogen and oxygen atoms in total. The van der Waals surface area contributed by atoms with Crippen molar-refractivity contribution in [3.8, 4) is 11.5 Å². The van der Waals surface area contributed by atoms with Crippen molar-refractivity contribution in [2.45, 2.75) is 155 Å². The Hall–Kier alpha value is -2.24. The summed E-state index contributed by atoms with van der Waals surface area (Å²) in [7, 11) is 1.49. The molecule has 0 saturated carbocycles. The van der Waals surface area contributed by atoms with E-state index in [4.69, 9.17) is 9.47 Å². The molecule has 1 aromatic rings. The lowest BCUT2D eigenvalue weighted by molar-refractivity contribution is -0.156. The molecule has 0 aliphatic heterocycles. The number of benzene rings is 1. The summed E-state index contributed by atoms with van der Waals surface area (Å²) < 4.78 is 10.8. The number of aromatic hydroxyl groups is 1. The van der Waals surface area contributed by atoms with E-state index in [9.17, 15) is 14.7 Å². The number of nitrogens with one attached hydrogen (secondary N) is 1. The van der Waals surface area contributed by atoms with Gasteiger partial charge in [-0.1, -0.05) is 123 Å². The number of phenolic OH excluding ortho intramolecular Hbond substituents is 1. The number of rotatable bonds is 25. The highest BCUT2D eigenvalue weighted by Crippen LogP contribution is 2.26. The molecule has 40 heavy (non-hydrogen) atoms. The van der Waals surface area contributed by atoms with Gasteiger partial charge in [-0.05, 0) is 42.9 Å². The molecule has 0 fully saturated rings. The van der Waals surface area contributed by atoms with Gasteiger partial charge in [0.2, 0.25) is 0 Å². The molecule has 1 aromatic carbocycles. The van der Waals surface area contributed by atoms with Crippen molar-refractivity contribution < 1.29 is 24.2 Å². The van der Waals surface area contributed by atoms with E-state index in [1.165, 1.54) is 77.7 Å². The quantitative estimate of drug-likeness (QED) is 0.0919. The lowest BCUT2D eigenvalue weighted by atomic mass is 10.0. The number of carbonyl (C=O) groups is 2. The minimum atomic E-state index is -0.771. The highest BCUT2D eigenvalue weighted by Gasteiger charge is 2.22. The predicted molar refractivity (Wildman–Crippen MR) is 165 cm³/mol. The first kappa shape index (κ1) is 35.8. The molecule has 0 saturated heterocycles. The molecule has 1 amide bonds. The molecule has 0 aromatic heterocycles. The van der Waals surface area contributed by atoms with Gasteiger partial charge in [-0.2, -0.15) is 0 Å². The third-order valence-corrected chi connectivity index (χ3v) is 7.51. The topological polar surface area (TPSA) is 84.9 Å². The van der Waals surface area contributed by atoms with Crippen LogP contribution in [0.1, 0.15) is 148 Å². The molecule has 0 bridgehead atoms. The summed E-state index contributed by atoms with van der Waals surface area (Å²) in [5.74, 6) is 0.530. The van der Waals surface area contributed by atoms with Crippen molar-refractivity contribution >= 4 is 11.9 Å². The van der Waals surface area contributed by atoms with Crippen LogP contribution in [0.5, 0.6) is 11.5 Å². The van der Waals surface area contributed by atoms with E-state index in [0.29, 0.717) is 24.5 Å². The van der Waals surface area contributed by atoms with Crippen LogP contribution in [0, 0.1) is 5.92 Å². The maximum absolute atomic E-state index is 13.0. The van der Waals surface area contributed by atoms with Crippen molar-refractivity contribution in [3.05, 3.63) is 23.8 Å². The second-order valence-corrected chi connectivity index (χ2v) is 11.7. The van der Waals surface area contributed by atoms with E-state index in [0.717, 1.165) is 44.1 Å². The van der Waals surface area contributed by atoms with Gasteiger partial charge in [0.15, 0.2) is 17.6 Å². The van der Waals surface area contributed by atoms with Crippen LogP contribution >= 0.6 is 0 Å². The smallest absolute Gasteiger partial charge is 0.306 e. The molecule has 0 aliphatic carbocycles. The van der Waals surface area contributed by atoms with Gasteiger partial charge in [0.05, 0.1) is 7.11 Å². The Morgan fingerprint density at radius 2 is 1.35 bits per heavy atom. The lowest BCUT2D eigenvalue weighted by Crippen LogP contribution is -2.37. The van der Waals surface area contributed by atoms with Gasteiger partial charge in [0, 0.05) is 13.0 Å². The number of esters is 1. The van der Waals surface area contributed by atoms with Gasteiger partial charge in [0.25, 0.3) is 5.91 Å². The minimum Gasteiger partial charge on any atom is -0.504 e. The summed E-state index contributed by atoms with van der Waals surface area (Å²) in [5, 5.41) is 12.7. The minimum absolute atomic E-state index is 0.0546. The van der Waals surface area contributed by atoms with Gasteiger partial charge >= 0.3 is 5.97 Å². The highest BCUT2D eigenvalue weighted by molar-refractivity contribution is 5.83. The van der Waals surface area contributed by atoms with Gasteiger partial charge in [-0.25, -0.2) is 0 Å². The Morgan fingerprint density at radius 1 is 0.800 bits per heavy atom. The maximum Gasteiger partial charge on any atom is 0.306 e. The summed E-state index contributed by atoms with van der Waals surface area (Å²) in [6.45, 7) is 6.96. The van der Waals surface area contributed by atoms with Gasteiger partial charge in [-0.15, -0.1) is 0 Å². The second kappa shape index (κ2) is 23.5. The number of unbranched alkanes of at least 4 members (excludes halogenated alkanes) is 14. The number of hydrogen-bond donors (Lipinski definition) is 2. The number of amides is 1. The number of carbonyl (C=O) groups excluding carboxylic acids is 2. The number of phenols is 1. The lowest BCUT2D eigenvalue weighted by Gasteiger charge is -2.18. The van der Waals surface area contributed by atoms with Gasteiger partial charge < -0.3 is 19.9 Å². The SMILES string of the molecule is CCCCCCCCCCCCCCCC(=O)OC(CCCCCC(C)C)C(=O)NCc1ccc(O)c(OC)c1. The van der Waals surface area contributed by atoms with E-state index < -0.39 is 6.10 Å². The average molecular weight is 562 g/mol. The van der Waals surface area contributed by atoms with Crippen LogP contribution in [-0.2, 0) is 20.9 Å². The highest BCUT2D eigenvalue weighted by atomic mass is 16.5. The van der Waals surface area contributed by atoms with E-state index in [-0.39, 0.29) is 24.2 Å². The van der Waals surface area contributed by atoms with Crippen LogP contribution in [0.15, 0.2) is 18.2 Å². The Kier molecular flexibility index (Phi) is 21.0. The van der Waals surface area contributed by atoms with Crippen molar-refractivity contribution in [2.75, 3.05) is 7.11 Å². The number of ether oxygens (including phenoxy) is 2. The Labute approximate surface area is 245 Å². The Morgan fingerprint density at radius 3 is 1.93 bits per heavy atom. The molecular weight excluding hydrogens is 502 g/mol. The summed E-state index contributed by atoms with van der Waals surface area (Å²) in [6.07, 6.45) is 20.7. The summed E-state index contributed by atoms with van der Waals surface area (Å²) >= 11 is 0. The molecule has 6 heteroatoms. The normalized spacial score (nSPS) is 11.9. The number of methoxy groups -OCH3 is 1. The van der Waals surface area contributed by atoms with E-state index in [1.807, 2.05) is 0 Å². The molecule has 230 valence electrons. The fourth-order valence-corrected chi connectivity index (χ4v) is 4.94. The fraction of sp³-hybridized carbons (Fsp3) is 0.765. The van der Waals surface area contributed by atoms with Crippen molar-refractivity contribution in [1.82, 2.24) is 5.32 Å². The van der Waals surface area contributed by atoms with Gasteiger partial charge in [0.1, 0.15) is 0 Å². The zero-order valence-corrected chi connectivity index (χ0v) is 26.1. The molecule has 1 atom stereocenters. The molecule has 2 N–H and O–H groups in total. The zero-order valence-electron chi connectivity index (χ0n) is 26.1. The van der Waals surface area contributed by atoms with Crippen molar-refractivity contribution in [1.29, 1.82) is 0 Å². The number of hydrogen-bond acceptors (Lipinski definition) is 5. The van der Waals surface area contributed by atoms with Crippen LogP contribution in [0.3, 0.4) is 0 Å². The van der Waals surface area contributed by atoms with E-state index in [1.54, 1.807) is 18.2 Å².